The number of rotatable bonds is 25. The minimum atomic E-state index is -1.46. The summed E-state index contributed by atoms with van der Waals surface area (Å²) in [5, 5.41) is 19.1. The Bertz CT molecular complexity index is 628. The van der Waals surface area contributed by atoms with Crippen LogP contribution in [0.5, 0.6) is 0 Å². The summed E-state index contributed by atoms with van der Waals surface area (Å²) in [6, 6.07) is 0. The van der Waals surface area contributed by atoms with Crippen molar-refractivity contribution in [2.45, 2.75) is 103 Å². The molecule has 0 bridgehead atoms. The molecule has 0 aliphatic carbocycles. The monoisotopic (exact) mass is 528 g/mol. The molecule has 0 amide bonds. The van der Waals surface area contributed by atoms with Gasteiger partial charge in [-0.05, 0) is 38.5 Å². The van der Waals surface area contributed by atoms with Gasteiger partial charge >= 0.3 is 11.9 Å². The molecule has 0 aromatic carbocycles. The largest absolute Gasteiger partial charge is 0.477 e. The smallest absolute Gasteiger partial charge is 0.361 e. The summed E-state index contributed by atoms with van der Waals surface area (Å²) in [6.07, 6.45) is 20.4. The molecule has 0 saturated heterocycles. The highest BCUT2D eigenvalue weighted by molar-refractivity contribution is 5.70. The maximum Gasteiger partial charge on any atom is 0.361 e. The van der Waals surface area contributed by atoms with Gasteiger partial charge in [-0.1, -0.05) is 69.8 Å². The van der Waals surface area contributed by atoms with Gasteiger partial charge in [0.05, 0.1) is 34.4 Å². The second-order valence-electron chi connectivity index (χ2n) is 10.6. The molecule has 0 spiro atoms. The Morgan fingerprint density at radius 3 is 2.00 bits per heavy atom. The topological polar surface area (TPSA) is 102 Å². The Hall–Kier alpha value is -1.74. The molecule has 0 fully saturated rings. The van der Waals surface area contributed by atoms with Gasteiger partial charge in [-0.2, -0.15) is 0 Å². The van der Waals surface area contributed by atoms with Crippen molar-refractivity contribution in [1.29, 1.82) is 0 Å². The summed E-state index contributed by atoms with van der Waals surface area (Å²) < 4.78 is 16.1. The van der Waals surface area contributed by atoms with Gasteiger partial charge in [-0.15, -0.1) is 0 Å². The van der Waals surface area contributed by atoms with E-state index in [1.165, 1.54) is 32.1 Å². The highest BCUT2D eigenvalue weighted by atomic mass is 16.7. The van der Waals surface area contributed by atoms with E-state index in [2.05, 4.69) is 31.2 Å². The molecule has 0 rings (SSSR count). The number of esters is 1. The van der Waals surface area contributed by atoms with Crippen molar-refractivity contribution < 1.29 is 38.5 Å². The predicted octanol–water partition coefficient (Wildman–Crippen LogP) is 5.24. The number of aliphatic carboxylic acids is 1. The average Bonchev–Trinajstić information content (AvgIpc) is 2.83. The van der Waals surface area contributed by atoms with Crippen LogP contribution in [-0.4, -0.2) is 86.5 Å². The predicted molar refractivity (Wildman–Crippen MR) is 147 cm³/mol. The first-order valence-electron chi connectivity index (χ1n) is 14.1. The maximum absolute atomic E-state index is 11.9. The molecule has 0 aromatic rings. The summed E-state index contributed by atoms with van der Waals surface area (Å²) >= 11 is 0. The van der Waals surface area contributed by atoms with Crippen LogP contribution in [0.4, 0.5) is 0 Å². The Labute approximate surface area is 225 Å². The number of carbonyl (C=O) groups is 2. The molecule has 216 valence electrons. The van der Waals surface area contributed by atoms with Crippen LogP contribution < -0.4 is 0 Å². The number of carboxylic acid groups (broad SMARTS) is 1. The van der Waals surface area contributed by atoms with Crippen molar-refractivity contribution in [3.63, 3.8) is 0 Å². The second-order valence-corrected chi connectivity index (χ2v) is 10.6. The van der Waals surface area contributed by atoms with Crippen LogP contribution >= 0.6 is 0 Å². The lowest BCUT2D eigenvalue weighted by Crippen LogP contribution is -2.40. The van der Waals surface area contributed by atoms with Crippen molar-refractivity contribution in [3.8, 4) is 0 Å². The number of allylic oxidation sites excluding steroid dienone is 4. The zero-order valence-corrected chi connectivity index (χ0v) is 23.9. The van der Waals surface area contributed by atoms with E-state index in [1.807, 2.05) is 21.1 Å². The first-order chi connectivity index (χ1) is 17.7. The standard InChI is InChI=1S/C29H53NO7/c1-5-6-7-8-9-10-11-12-13-14-15-16-17-18-19-20-21-27(32)36-24-26(31)25-37-29(28(33)34)35-23-22-30(2,3)4/h10-11,13-14,26,29,31H,5-9,12,15-25H2,1-4H3/p+1/b11-10-,14-13-. The van der Waals surface area contributed by atoms with Gasteiger partial charge in [0.25, 0.3) is 6.29 Å². The number of ether oxygens (including phenoxy) is 3. The number of aliphatic hydroxyl groups is 1. The average molecular weight is 529 g/mol. The summed E-state index contributed by atoms with van der Waals surface area (Å²) in [5.41, 5.74) is 0. The summed E-state index contributed by atoms with van der Waals surface area (Å²) in [4.78, 5) is 23.1. The van der Waals surface area contributed by atoms with E-state index in [-0.39, 0.29) is 25.8 Å². The number of quaternary nitrogens is 1. The molecule has 0 aromatic heterocycles. The van der Waals surface area contributed by atoms with E-state index >= 15 is 0 Å². The molecule has 0 aliphatic heterocycles. The molecule has 2 atom stereocenters. The highest BCUT2D eigenvalue weighted by Gasteiger charge is 2.22. The number of unbranched alkanes of at least 4 members (excludes halogenated alkanes) is 9. The van der Waals surface area contributed by atoms with Gasteiger partial charge in [0.15, 0.2) is 0 Å². The molecule has 0 radical (unpaired) electrons. The van der Waals surface area contributed by atoms with Crippen molar-refractivity contribution in [2.75, 3.05) is 47.5 Å². The minimum absolute atomic E-state index is 0.207. The van der Waals surface area contributed by atoms with Crippen LogP contribution in [0.15, 0.2) is 24.3 Å². The lowest BCUT2D eigenvalue weighted by atomic mass is 10.1. The van der Waals surface area contributed by atoms with Gasteiger partial charge < -0.3 is 28.9 Å². The molecule has 2 N–H and O–H groups in total. The van der Waals surface area contributed by atoms with E-state index in [4.69, 9.17) is 14.2 Å². The van der Waals surface area contributed by atoms with Crippen LogP contribution in [-0.2, 0) is 23.8 Å². The van der Waals surface area contributed by atoms with E-state index < -0.39 is 18.4 Å². The zero-order valence-electron chi connectivity index (χ0n) is 23.9. The van der Waals surface area contributed by atoms with Gasteiger partial charge in [0.1, 0.15) is 19.3 Å². The number of nitrogens with zero attached hydrogens (tertiary/aromatic N) is 1. The van der Waals surface area contributed by atoms with E-state index in [1.54, 1.807) is 0 Å². The fourth-order valence-electron chi connectivity index (χ4n) is 3.39. The molecular formula is C29H54NO7+. The quantitative estimate of drug-likeness (QED) is 0.0549. The Balaban J connectivity index is 3.69. The molecule has 0 heterocycles. The third-order valence-corrected chi connectivity index (χ3v) is 5.69. The SMILES string of the molecule is CCCCCC/C=C\C/C=C\CCCCCCCC(=O)OCC(O)COC(OCC[N+](C)(C)C)C(=O)O. The summed E-state index contributed by atoms with van der Waals surface area (Å²) in [7, 11) is 5.90. The first kappa shape index (κ1) is 35.3. The van der Waals surface area contributed by atoms with Crippen LogP contribution in [0.3, 0.4) is 0 Å². The summed E-state index contributed by atoms with van der Waals surface area (Å²) in [6.45, 7) is 2.53. The number of carboxylic acids is 1. The normalized spacial score (nSPS) is 13.9. The van der Waals surface area contributed by atoms with Gasteiger partial charge in [0.2, 0.25) is 0 Å². The number of aliphatic hydroxyl groups excluding tert-OH is 1. The molecule has 8 heteroatoms. The molecule has 8 nitrogen and oxygen atoms in total. The third kappa shape index (κ3) is 25.7. The molecule has 0 saturated carbocycles. The lowest BCUT2D eigenvalue weighted by Gasteiger charge is -2.24. The van der Waals surface area contributed by atoms with Crippen molar-refractivity contribution in [2.24, 2.45) is 0 Å². The van der Waals surface area contributed by atoms with E-state index in [0.717, 1.165) is 44.9 Å². The van der Waals surface area contributed by atoms with E-state index in [9.17, 15) is 19.8 Å². The van der Waals surface area contributed by atoms with Crippen molar-refractivity contribution in [3.05, 3.63) is 24.3 Å². The minimum Gasteiger partial charge on any atom is -0.477 e. The Morgan fingerprint density at radius 2 is 1.41 bits per heavy atom. The zero-order chi connectivity index (χ0) is 27.8. The second kappa shape index (κ2) is 23.4. The van der Waals surface area contributed by atoms with Crippen LogP contribution in [0.2, 0.25) is 0 Å². The fraction of sp³-hybridized carbons (Fsp3) is 0.793. The lowest BCUT2D eigenvalue weighted by molar-refractivity contribution is -0.870. The number of hydrogen-bond acceptors (Lipinski definition) is 6. The highest BCUT2D eigenvalue weighted by Crippen LogP contribution is 2.09. The number of hydrogen-bond donors (Lipinski definition) is 2. The fourth-order valence-corrected chi connectivity index (χ4v) is 3.39. The maximum atomic E-state index is 11.9. The Morgan fingerprint density at radius 1 is 0.811 bits per heavy atom. The van der Waals surface area contributed by atoms with Gasteiger partial charge in [-0.25, -0.2) is 4.79 Å². The van der Waals surface area contributed by atoms with Crippen LogP contribution in [0, 0.1) is 0 Å². The molecule has 0 aliphatic rings. The Kier molecular flexibility index (Phi) is 22.3. The number of carbonyl (C=O) groups excluding carboxylic acids is 1. The molecule has 2 unspecified atom stereocenters. The molecule has 37 heavy (non-hydrogen) atoms. The third-order valence-electron chi connectivity index (χ3n) is 5.69. The van der Waals surface area contributed by atoms with Crippen LogP contribution in [0.1, 0.15) is 90.4 Å². The van der Waals surface area contributed by atoms with Crippen LogP contribution in [0.25, 0.3) is 0 Å². The summed E-state index contributed by atoms with van der Waals surface area (Å²) in [5.74, 6) is -1.63. The first-order valence-corrected chi connectivity index (χ1v) is 14.1. The van der Waals surface area contributed by atoms with Gasteiger partial charge in [0, 0.05) is 6.42 Å². The van der Waals surface area contributed by atoms with Crippen molar-refractivity contribution >= 4 is 11.9 Å². The van der Waals surface area contributed by atoms with Gasteiger partial charge in [-0.3, -0.25) is 4.79 Å². The van der Waals surface area contributed by atoms with Crippen molar-refractivity contribution in [1.82, 2.24) is 0 Å². The number of likely N-dealkylation sites (N-methyl/N-ethyl adjacent to an activating group) is 1. The molecular weight excluding hydrogens is 474 g/mol. The van der Waals surface area contributed by atoms with E-state index in [0.29, 0.717) is 17.4 Å².